The third-order valence-electron chi connectivity index (χ3n) is 5.64. The molecule has 5 rings (SSSR count). The van der Waals surface area contributed by atoms with Crippen molar-refractivity contribution in [1.29, 1.82) is 0 Å². The minimum absolute atomic E-state index is 0.00901. The molecule has 28 heavy (non-hydrogen) atoms. The maximum Gasteiger partial charge on any atom is 0.171 e. The van der Waals surface area contributed by atoms with Gasteiger partial charge in [0.15, 0.2) is 11.5 Å². The molecule has 0 fully saturated rings. The lowest BCUT2D eigenvalue weighted by Crippen LogP contribution is -2.30. The van der Waals surface area contributed by atoms with Crippen LogP contribution in [0.2, 0.25) is 0 Å². The van der Waals surface area contributed by atoms with E-state index in [0.29, 0.717) is 6.61 Å². The molecule has 2 aromatic carbocycles. The molecule has 3 aromatic rings. The van der Waals surface area contributed by atoms with Gasteiger partial charge in [0.1, 0.15) is 12.7 Å². The summed E-state index contributed by atoms with van der Waals surface area (Å²) < 4.78 is 12.2. The summed E-state index contributed by atoms with van der Waals surface area (Å²) in [6.45, 7) is 4.80. The molecule has 4 nitrogen and oxygen atoms in total. The Kier molecular flexibility index (Phi) is 4.55. The molecule has 143 valence electrons. The summed E-state index contributed by atoms with van der Waals surface area (Å²) in [5.41, 5.74) is 4.84. The third kappa shape index (κ3) is 3.28. The fourth-order valence-electron chi connectivity index (χ4n) is 4.19. The van der Waals surface area contributed by atoms with E-state index >= 15 is 0 Å². The number of ether oxygens (including phenoxy) is 2. The van der Waals surface area contributed by atoms with Crippen LogP contribution in [0.25, 0.3) is 10.9 Å². The number of fused-ring (bicyclic) bond motifs is 4. The predicted molar refractivity (Wildman–Crippen MR) is 112 cm³/mol. The number of hydrogen-bond donors (Lipinski definition) is 0. The third-order valence-corrected chi connectivity index (χ3v) is 5.64. The Bertz CT molecular complexity index is 1000. The Morgan fingerprint density at radius 1 is 1.14 bits per heavy atom. The lowest BCUT2D eigenvalue weighted by molar-refractivity contribution is 0.112. The van der Waals surface area contributed by atoms with Gasteiger partial charge in [-0.25, -0.2) is 0 Å². The number of nitrogens with zero attached hydrogens (tertiary/aromatic N) is 2. The molecule has 2 aliphatic heterocycles. The van der Waals surface area contributed by atoms with Gasteiger partial charge in [0, 0.05) is 36.3 Å². The van der Waals surface area contributed by atoms with Crippen LogP contribution in [0.4, 0.5) is 5.69 Å². The van der Waals surface area contributed by atoms with Gasteiger partial charge in [-0.15, -0.1) is 0 Å². The number of unbranched alkanes of at least 4 members (excludes halogenated alkanes) is 1. The summed E-state index contributed by atoms with van der Waals surface area (Å²) in [4.78, 5) is 7.09. The molecule has 1 atom stereocenters. The van der Waals surface area contributed by atoms with E-state index in [2.05, 4.69) is 46.6 Å². The summed E-state index contributed by atoms with van der Waals surface area (Å²) in [6.07, 6.45) is 5.55. The van der Waals surface area contributed by atoms with E-state index < -0.39 is 0 Å². The van der Waals surface area contributed by atoms with Gasteiger partial charge < -0.3 is 14.4 Å². The summed E-state index contributed by atoms with van der Waals surface area (Å²) in [6, 6.07) is 16.8. The van der Waals surface area contributed by atoms with Gasteiger partial charge in [0.2, 0.25) is 0 Å². The number of para-hydroxylation sites is 1. The Balaban J connectivity index is 1.18. The van der Waals surface area contributed by atoms with E-state index in [1.165, 1.54) is 11.3 Å². The maximum atomic E-state index is 6.28. The van der Waals surface area contributed by atoms with Crippen molar-refractivity contribution in [2.75, 3.05) is 24.6 Å². The van der Waals surface area contributed by atoms with E-state index in [1.807, 2.05) is 25.1 Å². The Morgan fingerprint density at radius 3 is 3.04 bits per heavy atom. The first kappa shape index (κ1) is 17.4. The number of aryl methyl sites for hydroxylation is 1. The SMILES string of the molecule is Cc1ccc2c3c(ccc2n1)OC[C@H]([CH]CCCN1CCc2ccccc21)O3. The standard InChI is InChI=1S/C24H25N2O2/c1-17-9-10-20-21(25-17)11-12-23-24(20)28-19(16-27-23)7-4-5-14-26-15-13-18-6-2-3-8-22(18)26/h2-3,6-12,19H,4-5,13-16H2,1H3/t19-/m0/s1. The molecule has 1 radical (unpaired) electrons. The molecule has 0 N–H and O–H groups in total. The molecule has 2 aliphatic rings. The second-order valence-electron chi connectivity index (χ2n) is 7.62. The van der Waals surface area contributed by atoms with Crippen LogP contribution in [-0.2, 0) is 6.42 Å². The van der Waals surface area contributed by atoms with Gasteiger partial charge in [-0.3, -0.25) is 4.98 Å². The fraction of sp³-hybridized carbons (Fsp3) is 0.333. The number of hydrogen-bond acceptors (Lipinski definition) is 4. The van der Waals surface area contributed by atoms with Crippen LogP contribution in [0, 0.1) is 13.3 Å². The molecule has 1 aromatic heterocycles. The van der Waals surface area contributed by atoms with Gasteiger partial charge in [0.25, 0.3) is 0 Å². The van der Waals surface area contributed by atoms with Gasteiger partial charge in [-0.05, 0) is 62.1 Å². The van der Waals surface area contributed by atoms with E-state index in [4.69, 9.17) is 9.47 Å². The van der Waals surface area contributed by atoms with Gasteiger partial charge in [-0.1, -0.05) is 18.2 Å². The molecule has 4 heteroatoms. The molecule has 0 amide bonds. The number of rotatable bonds is 5. The molecule has 0 bridgehead atoms. The molecule has 0 saturated heterocycles. The van der Waals surface area contributed by atoms with Crippen molar-refractivity contribution in [2.45, 2.75) is 32.3 Å². The van der Waals surface area contributed by atoms with Crippen molar-refractivity contribution in [2.24, 2.45) is 0 Å². The van der Waals surface area contributed by atoms with Crippen molar-refractivity contribution >= 4 is 16.6 Å². The van der Waals surface area contributed by atoms with Crippen molar-refractivity contribution in [3.05, 3.63) is 66.2 Å². The Labute approximate surface area is 166 Å². The number of pyridine rings is 1. The highest BCUT2D eigenvalue weighted by Crippen LogP contribution is 2.39. The highest BCUT2D eigenvalue weighted by molar-refractivity contribution is 5.88. The zero-order valence-electron chi connectivity index (χ0n) is 16.2. The monoisotopic (exact) mass is 373 g/mol. The Hall–Kier alpha value is -2.75. The van der Waals surface area contributed by atoms with Crippen LogP contribution in [0.1, 0.15) is 24.1 Å². The number of aromatic nitrogens is 1. The first-order valence-corrected chi connectivity index (χ1v) is 10.1. The zero-order valence-corrected chi connectivity index (χ0v) is 16.2. The smallest absolute Gasteiger partial charge is 0.171 e. The first-order valence-electron chi connectivity index (χ1n) is 10.1. The summed E-state index contributed by atoms with van der Waals surface area (Å²) in [7, 11) is 0. The lowest BCUT2D eigenvalue weighted by atomic mass is 10.1. The normalized spacial score (nSPS) is 17.8. The highest BCUT2D eigenvalue weighted by Gasteiger charge is 2.24. The van der Waals surface area contributed by atoms with E-state index in [-0.39, 0.29) is 6.10 Å². The minimum Gasteiger partial charge on any atom is -0.486 e. The van der Waals surface area contributed by atoms with Crippen LogP contribution in [0.3, 0.4) is 0 Å². The van der Waals surface area contributed by atoms with Gasteiger partial charge in [-0.2, -0.15) is 0 Å². The van der Waals surface area contributed by atoms with Gasteiger partial charge in [0.05, 0.1) is 5.52 Å². The molecule has 0 spiro atoms. The van der Waals surface area contributed by atoms with Crippen molar-refractivity contribution in [3.8, 4) is 11.5 Å². The fourth-order valence-corrected chi connectivity index (χ4v) is 4.19. The molecule has 0 aliphatic carbocycles. The summed E-state index contributed by atoms with van der Waals surface area (Å²) >= 11 is 0. The number of benzene rings is 2. The second kappa shape index (κ2) is 7.34. The van der Waals surface area contributed by atoms with Crippen molar-refractivity contribution < 1.29 is 9.47 Å². The predicted octanol–water partition coefficient (Wildman–Crippen LogP) is 4.73. The zero-order chi connectivity index (χ0) is 18.9. The molecule has 0 unspecified atom stereocenters. The van der Waals surface area contributed by atoms with Crippen LogP contribution in [0.5, 0.6) is 11.5 Å². The average Bonchev–Trinajstić information content (AvgIpc) is 3.14. The molecular weight excluding hydrogens is 348 g/mol. The molecule has 0 saturated carbocycles. The van der Waals surface area contributed by atoms with E-state index in [1.54, 1.807) is 0 Å². The second-order valence-corrected chi connectivity index (χ2v) is 7.62. The lowest BCUT2D eigenvalue weighted by Gasteiger charge is -2.27. The van der Waals surface area contributed by atoms with Gasteiger partial charge >= 0.3 is 0 Å². The van der Waals surface area contributed by atoms with Crippen LogP contribution >= 0.6 is 0 Å². The van der Waals surface area contributed by atoms with Crippen LogP contribution in [0.15, 0.2) is 48.5 Å². The van der Waals surface area contributed by atoms with E-state index in [9.17, 15) is 0 Å². The van der Waals surface area contributed by atoms with E-state index in [0.717, 1.165) is 60.4 Å². The highest BCUT2D eigenvalue weighted by atomic mass is 16.6. The largest absolute Gasteiger partial charge is 0.486 e. The van der Waals surface area contributed by atoms with Crippen molar-refractivity contribution in [1.82, 2.24) is 4.98 Å². The maximum absolute atomic E-state index is 6.28. The number of anilines is 1. The first-order chi connectivity index (χ1) is 13.8. The summed E-state index contributed by atoms with van der Waals surface area (Å²) in [5.74, 6) is 1.64. The quantitative estimate of drug-likeness (QED) is 0.606. The minimum atomic E-state index is -0.00901. The molecular formula is C24H25N2O2. The average molecular weight is 373 g/mol. The topological polar surface area (TPSA) is 34.6 Å². The summed E-state index contributed by atoms with van der Waals surface area (Å²) in [5, 5.41) is 1.02. The molecule has 3 heterocycles. The Morgan fingerprint density at radius 2 is 2.07 bits per heavy atom. The van der Waals surface area contributed by atoms with Crippen molar-refractivity contribution in [3.63, 3.8) is 0 Å². The van der Waals surface area contributed by atoms with Crippen LogP contribution < -0.4 is 14.4 Å². The van der Waals surface area contributed by atoms with Crippen LogP contribution in [-0.4, -0.2) is 30.8 Å².